The molecule has 1 aliphatic rings. The van der Waals surface area contributed by atoms with Crippen molar-refractivity contribution in [1.82, 2.24) is 0 Å². The highest BCUT2D eigenvalue weighted by Crippen LogP contribution is 2.32. The van der Waals surface area contributed by atoms with Gasteiger partial charge in [0.15, 0.2) is 0 Å². The zero-order valence-electron chi connectivity index (χ0n) is 14.4. The summed E-state index contributed by atoms with van der Waals surface area (Å²) in [5, 5.41) is 0. The van der Waals surface area contributed by atoms with Crippen molar-refractivity contribution in [3.8, 4) is 0 Å². The lowest BCUT2D eigenvalue weighted by Gasteiger charge is -2.34. The summed E-state index contributed by atoms with van der Waals surface area (Å²) in [4.78, 5) is 15.1. The molecule has 0 N–H and O–H groups in total. The Morgan fingerprint density at radius 1 is 1.32 bits per heavy atom. The van der Waals surface area contributed by atoms with Crippen LogP contribution in [0.2, 0.25) is 0 Å². The van der Waals surface area contributed by atoms with Crippen molar-refractivity contribution >= 4 is 27.5 Å². The highest BCUT2D eigenvalue weighted by Gasteiger charge is 2.31. The molecule has 0 spiro atoms. The monoisotopic (exact) mass is 365 g/mol. The lowest BCUT2D eigenvalue weighted by atomic mass is 9.91. The van der Waals surface area contributed by atoms with Crippen molar-refractivity contribution in [3.05, 3.63) is 29.3 Å². The predicted octanol–water partition coefficient (Wildman–Crippen LogP) is 4.97. The SMILES string of the molecule is CC(C)C(Br)Cc1ccc2c(c1)CCCN2C(=O)C(C)(C)C. The second-order valence-electron chi connectivity index (χ2n) is 7.74. The van der Waals surface area contributed by atoms with Crippen LogP contribution in [0.25, 0.3) is 0 Å². The fourth-order valence-electron chi connectivity index (χ4n) is 2.85. The van der Waals surface area contributed by atoms with Gasteiger partial charge in [-0.25, -0.2) is 0 Å². The van der Waals surface area contributed by atoms with Gasteiger partial charge in [-0.2, -0.15) is 0 Å². The summed E-state index contributed by atoms with van der Waals surface area (Å²) >= 11 is 3.77. The van der Waals surface area contributed by atoms with Gasteiger partial charge in [-0.15, -0.1) is 0 Å². The summed E-state index contributed by atoms with van der Waals surface area (Å²) < 4.78 is 0. The van der Waals surface area contributed by atoms with Crippen LogP contribution < -0.4 is 4.90 Å². The van der Waals surface area contributed by atoms with Gasteiger partial charge < -0.3 is 4.90 Å². The van der Waals surface area contributed by atoms with E-state index >= 15 is 0 Å². The molecule has 0 radical (unpaired) electrons. The quantitative estimate of drug-likeness (QED) is 0.692. The van der Waals surface area contributed by atoms with E-state index in [1.165, 1.54) is 11.1 Å². The zero-order valence-corrected chi connectivity index (χ0v) is 16.0. The number of benzene rings is 1. The molecule has 0 fully saturated rings. The molecule has 1 aromatic rings. The molecule has 0 saturated carbocycles. The molecule has 1 aliphatic heterocycles. The highest BCUT2D eigenvalue weighted by atomic mass is 79.9. The molecule has 2 rings (SSSR count). The minimum Gasteiger partial charge on any atom is -0.312 e. The number of hydrogen-bond donors (Lipinski definition) is 0. The van der Waals surface area contributed by atoms with Crippen LogP contribution in [0.15, 0.2) is 18.2 Å². The molecular weight excluding hydrogens is 338 g/mol. The molecule has 1 atom stereocenters. The van der Waals surface area contributed by atoms with E-state index in [1.807, 2.05) is 25.7 Å². The summed E-state index contributed by atoms with van der Waals surface area (Å²) in [5.74, 6) is 0.844. The maximum Gasteiger partial charge on any atom is 0.232 e. The van der Waals surface area contributed by atoms with Crippen molar-refractivity contribution in [2.45, 2.75) is 58.7 Å². The molecule has 3 heteroatoms. The first-order valence-electron chi connectivity index (χ1n) is 8.28. The number of fused-ring (bicyclic) bond motifs is 1. The molecule has 0 aromatic heterocycles. The van der Waals surface area contributed by atoms with Crippen LogP contribution in [0.5, 0.6) is 0 Å². The number of hydrogen-bond acceptors (Lipinski definition) is 1. The molecule has 0 aliphatic carbocycles. The van der Waals surface area contributed by atoms with E-state index in [0.717, 1.165) is 31.5 Å². The molecule has 0 bridgehead atoms. The number of nitrogens with zero attached hydrogens (tertiary/aromatic N) is 1. The number of carbonyl (C=O) groups excluding carboxylic acids is 1. The van der Waals surface area contributed by atoms with Crippen molar-refractivity contribution in [2.75, 3.05) is 11.4 Å². The topological polar surface area (TPSA) is 20.3 Å². The lowest BCUT2D eigenvalue weighted by molar-refractivity contribution is -0.125. The average Bonchev–Trinajstić information content (AvgIpc) is 2.44. The molecule has 1 aromatic carbocycles. The largest absolute Gasteiger partial charge is 0.312 e. The van der Waals surface area contributed by atoms with Gasteiger partial charge in [-0.3, -0.25) is 4.79 Å². The number of alkyl halides is 1. The van der Waals surface area contributed by atoms with Gasteiger partial charge in [0.1, 0.15) is 0 Å². The number of aryl methyl sites for hydroxylation is 1. The van der Waals surface area contributed by atoms with Crippen molar-refractivity contribution in [2.24, 2.45) is 11.3 Å². The molecular formula is C19H28BrNO. The van der Waals surface area contributed by atoms with Crippen LogP contribution in [0.1, 0.15) is 52.2 Å². The van der Waals surface area contributed by atoms with Crippen LogP contribution in [0, 0.1) is 11.3 Å². The first-order valence-corrected chi connectivity index (χ1v) is 9.19. The Morgan fingerprint density at radius 2 is 2.00 bits per heavy atom. The summed E-state index contributed by atoms with van der Waals surface area (Å²) in [7, 11) is 0. The van der Waals surface area contributed by atoms with Gasteiger partial charge in [0, 0.05) is 22.5 Å². The molecule has 1 amide bonds. The smallest absolute Gasteiger partial charge is 0.232 e. The van der Waals surface area contributed by atoms with Gasteiger partial charge in [-0.1, -0.05) is 62.7 Å². The van der Waals surface area contributed by atoms with Gasteiger partial charge in [0.25, 0.3) is 0 Å². The number of amides is 1. The van der Waals surface area contributed by atoms with E-state index in [0.29, 0.717) is 10.7 Å². The van der Waals surface area contributed by atoms with E-state index < -0.39 is 0 Å². The maximum atomic E-state index is 12.7. The predicted molar refractivity (Wildman–Crippen MR) is 97.8 cm³/mol. The number of carbonyl (C=O) groups is 1. The van der Waals surface area contributed by atoms with E-state index in [2.05, 4.69) is 48.0 Å². The third-order valence-corrected chi connectivity index (χ3v) is 5.68. The molecule has 22 heavy (non-hydrogen) atoms. The summed E-state index contributed by atoms with van der Waals surface area (Å²) in [6.07, 6.45) is 3.17. The summed E-state index contributed by atoms with van der Waals surface area (Å²) in [6, 6.07) is 6.63. The highest BCUT2D eigenvalue weighted by molar-refractivity contribution is 9.09. The Labute approximate surface area is 143 Å². The minimum atomic E-state index is -0.328. The normalized spacial score (nSPS) is 16.6. The fourth-order valence-corrected chi connectivity index (χ4v) is 3.23. The molecule has 1 unspecified atom stereocenters. The Balaban J connectivity index is 2.25. The van der Waals surface area contributed by atoms with Crippen molar-refractivity contribution in [3.63, 3.8) is 0 Å². The first-order chi connectivity index (χ1) is 10.2. The van der Waals surface area contributed by atoms with Gasteiger partial charge >= 0.3 is 0 Å². The Hall–Kier alpha value is -0.830. The van der Waals surface area contributed by atoms with Crippen LogP contribution in [-0.4, -0.2) is 17.3 Å². The molecule has 1 heterocycles. The lowest BCUT2D eigenvalue weighted by Crippen LogP contribution is -2.42. The number of anilines is 1. The molecule has 2 nitrogen and oxygen atoms in total. The third kappa shape index (κ3) is 3.92. The Morgan fingerprint density at radius 3 is 2.59 bits per heavy atom. The van der Waals surface area contributed by atoms with E-state index in [1.54, 1.807) is 0 Å². The van der Waals surface area contributed by atoms with Crippen molar-refractivity contribution < 1.29 is 4.79 Å². The van der Waals surface area contributed by atoms with E-state index in [-0.39, 0.29) is 11.3 Å². The van der Waals surface area contributed by atoms with Gasteiger partial charge in [-0.05, 0) is 42.4 Å². The number of halogens is 1. The van der Waals surface area contributed by atoms with Gasteiger partial charge in [0.2, 0.25) is 5.91 Å². The second kappa shape index (κ2) is 6.74. The van der Waals surface area contributed by atoms with Crippen LogP contribution in [-0.2, 0) is 17.6 Å². The molecule has 0 saturated heterocycles. The standard InChI is InChI=1S/C19H28BrNO/c1-13(2)16(20)12-14-8-9-17-15(11-14)7-6-10-21(17)18(22)19(3,4)5/h8-9,11,13,16H,6-7,10,12H2,1-5H3. The maximum absolute atomic E-state index is 12.7. The summed E-state index contributed by atoms with van der Waals surface area (Å²) in [6.45, 7) is 11.3. The van der Waals surface area contributed by atoms with Gasteiger partial charge in [0.05, 0.1) is 0 Å². The minimum absolute atomic E-state index is 0.224. The molecule has 122 valence electrons. The zero-order chi connectivity index (χ0) is 16.5. The third-order valence-electron chi connectivity index (χ3n) is 4.30. The summed E-state index contributed by atoms with van der Waals surface area (Å²) in [5.41, 5.74) is 3.47. The van der Waals surface area contributed by atoms with E-state index in [9.17, 15) is 4.79 Å². The van der Waals surface area contributed by atoms with Crippen LogP contribution in [0.4, 0.5) is 5.69 Å². The Bertz CT molecular complexity index is 545. The fraction of sp³-hybridized carbons (Fsp3) is 0.632. The van der Waals surface area contributed by atoms with Crippen LogP contribution >= 0.6 is 15.9 Å². The van der Waals surface area contributed by atoms with Crippen LogP contribution in [0.3, 0.4) is 0 Å². The second-order valence-corrected chi connectivity index (χ2v) is 8.91. The average molecular weight is 366 g/mol. The number of rotatable bonds is 3. The van der Waals surface area contributed by atoms with E-state index in [4.69, 9.17) is 0 Å². The van der Waals surface area contributed by atoms with Crippen molar-refractivity contribution in [1.29, 1.82) is 0 Å². The Kier molecular flexibility index (Phi) is 5.37. The first kappa shape index (κ1) is 17.5.